The van der Waals surface area contributed by atoms with Crippen LogP contribution in [0.25, 0.3) is 11.3 Å². The van der Waals surface area contributed by atoms with Gasteiger partial charge < -0.3 is 4.42 Å². The predicted octanol–water partition coefficient (Wildman–Crippen LogP) is 3.82. The first kappa shape index (κ1) is 17.2. The van der Waals surface area contributed by atoms with Gasteiger partial charge in [-0.3, -0.25) is 4.79 Å². The summed E-state index contributed by atoms with van der Waals surface area (Å²) in [6, 6.07) is 20.6. The normalized spacial score (nSPS) is 10.6. The van der Waals surface area contributed by atoms with Crippen molar-refractivity contribution in [2.75, 3.05) is 0 Å². The van der Waals surface area contributed by atoms with Crippen LogP contribution >= 0.6 is 0 Å². The molecule has 1 amide bonds. The summed E-state index contributed by atoms with van der Waals surface area (Å²) in [6.45, 7) is 2.00. The molecule has 0 unspecified atom stereocenters. The zero-order chi connectivity index (χ0) is 18.4. The van der Waals surface area contributed by atoms with Crippen LogP contribution < -0.4 is 5.43 Å². The Morgan fingerprint density at radius 2 is 1.92 bits per heavy atom. The third-order valence-electron chi connectivity index (χ3n) is 3.81. The number of nitrogens with zero attached hydrogens (tertiary/aromatic N) is 2. The fourth-order valence-corrected chi connectivity index (χ4v) is 2.46. The van der Waals surface area contributed by atoms with Crippen molar-refractivity contribution in [2.45, 2.75) is 13.3 Å². The average molecular weight is 343 g/mol. The lowest BCUT2D eigenvalue weighted by Gasteiger charge is -2.01. The molecule has 0 radical (unpaired) electrons. The number of hydrogen-bond acceptors (Lipinski definition) is 4. The highest BCUT2D eigenvalue weighted by atomic mass is 16.3. The van der Waals surface area contributed by atoms with Gasteiger partial charge in [-0.15, -0.1) is 0 Å². The quantitative estimate of drug-likeness (QED) is 0.565. The zero-order valence-electron chi connectivity index (χ0n) is 14.3. The molecule has 0 fully saturated rings. The first-order chi connectivity index (χ1) is 12.7. The summed E-state index contributed by atoms with van der Waals surface area (Å²) >= 11 is 0. The molecule has 128 valence electrons. The Morgan fingerprint density at radius 3 is 2.69 bits per heavy atom. The maximum absolute atomic E-state index is 11.9. The van der Waals surface area contributed by atoms with E-state index in [2.05, 4.69) is 16.6 Å². The highest BCUT2D eigenvalue weighted by Crippen LogP contribution is 2.24. The molecule has 3 aromatic rings. The minimum absolute atomic E-state index is 0.202. The van der Waals surface area contributed by atoms with E-state index in [-0.39, 0.29) is 12.3 Å². The lowest BCUT2D eigenvalue weighted by atomic mass is 10.1. The monoisotopic (exact) mass is 343 g/mol. The number of benzene rings is 2. The van der Waals surface area contributed by atoms with Crippen LogP contribution in [-0.4, -0.2) is 12.1 Å². The molecule has 0 saturated heterocycles. The summed E-state index contributed by atoms with van der Waals surface area (Å²) < 4.78 is 5.67. The van der Waals surface area contributed by atoms with E-state index in [1.54, 1.807) is 24.3 Å². The lowest BCUT2D eigenvalue weighted by Crippen LogP contribution is -2.19. The number of hydrogen-bond donors (Lipinski definition) is 1. The van der Waals surface area contributed by atoms with Gasteiger partial charge in [0, 0.05) is 5.56 Å². The largest absolute Gasteiger partial charge is 0.455 e. The lowest BCUT2D eigenvalue weighted by molar-refractivity contribution is -0.120. The molecule has 1 N–H and O–H groups in total. The third-order valence-corrected chi connectivity index (χ3v) is 3.81. The van der Waals surface area contributed by atoms with Crippen molar-refractivity contribution in [1.29, 1.82) is 5.26 Å². The van der Waals surface area contributed by atoms with Crippen LogP contribution in [0.2, 0.25) is 0 Å². The summed E-state index contributed by atoms with van der Waals surface area (Å²) in [5.74, 6) is 0.865. The van der Waals surface area contributed by atoms with Crippen LogP contribution in [0.1, 0.15) is 22.5 Å². The highest BCUT2D eigenvalue weighted by Gasteiger charge is 2.08. The fourth-order valence-electron chi connectivity index (χ4n) is 2.46. The van der Waals surface area contributed by atoms with E-state index >= 15 is 0 Å². The van der Waals surface area contributed by atoms with E-state index in [4.69, 9.17) is 9.68 Å². The molecule has 1 aromatic heterocycles. The van der Waals surface area contributed by atoms with Gasteiger partial charge in [0.05, 0.1) is 24.3 Å². The molecule has 5 heteroatoms. The SMILES string of the molecule is Cc1ccc(CC(=O)N/N=C\c2ccc(-c3ccccc3C#N)o2)cc1. The van der Waals surface area contributed by atoms with E-state index in [0.717, 1.165) is 16.7 Å². The second-order valence-electron chi connectivity index (χ2n) is 5.81. The molecule has 0 atom stereocenters. The molecule has 0 aliphatic carbocycles. The molecule has 0 aliphatic rings. The number of furan rings is 1. The van der Waals surface area contributed by atoms with E-state index in [1.807, 2.05) is 43.3 Å². The first-order valence-corrected chi connectivity index (χ1v) is 8.12. The Hall–Kier alpha value is -3.65. The van der Waals surface area contributed by atoms with Crippen LogP contribution in [0.15, 0.2) is 70.2 Å². The smallest absolute Gasteiger partial charge is 0.244 e. The van der Waals surface area contributed by atoms with Crippen LogP contribution in [-0.2, 0) is 11.2 Å². The molecule has 3 rings (SSSR count). The standard InChI is InChI=1S/C21H17N3O2/c1-15-6-8-16(9-7-15)12-21(25)24-23-14-18-10-11-20(26-18)19-5-3-2-4-17(19)13-22/h2-11,14H,12H2,1H3,(H,24,25)/b23-14-. The Bertz CT molecular complexity index is 979. The number of nitrogens with one attached hydrogen (secondary N) is 1. The predicted molar refractivity (Wildman–Crippen MR) is 99.5 cm³/mol. The number of aryl methyl sites for hydroxylation is 1. The highest BCUT2D eigenvalue weighted by molar-refractivity contribution is 5.82. The Morgan fingerprint density at radius 1 is 1.15 bits per heavy atom. The summed E-state index contributed by atoms with van der Waals surface area (Å²) in [5, 5.41) is 13.1. The van der Waals surface area contributed by atoms with Crippen LogP contribution in [0.4, 0.5) is 0 Å². The molecule has 1 heterocycles. The van der Waals surface area contributed by atoms with Crippen molar-refractivity contribution in [1.82, 2.24) is 5.43 Å². The van der Waals surface area contributed by atoms with Gasteiger partial charge in [-0.05, 0) is 36.8 Å². The number of carbonyl (C=O) groups excluding carboxylic acids is 1. The Kier molecular flexibility index (Phi) is 5.25. The molecular formula is C21H17N3O2. The minimum Gasteiger partial charge on any atom is -0.455 e. The van der Waals surface area contributed by atoms with Gasteiger partial charge in [0.1, 0.15) is 11.5 Å². The van der Waals surface area contributed by atoms with Crippen molar-refractivity contribution < 1.29 is 9.21 Å². The molecule has 0 spiro atoms. The van der Waals surface area contributed by atoms with Gasteiger partial charge in [-0.1, -0.05) is 42.0 Å². The van der Waals surface area contributed by atoms with Crippen LogP contribution in [0, 0.1) is 18.3 Å². The summed E-state index contributed by atoms with van der Waals surface area (Å²) in [7, 11) is 0. The molecule has 0 aliphatic heterocycles. The molecule has 5 nitrogen and oxygen atoms in total. The minimum atomic E-state index is -0.202. The second kappa shape index (κ2) is 7.95. The molecule has 0 bridgehead atoms. The fraction of sp³-hybridized carbons (Fsp3) is 0.0952. The van der Waals surface area contributed by atoms with Gasteiger partial charge in [-0.25, -0.2) is 5.43 Å². The van der Waals surface area contributed by atoms with E-state index in [1.165, 1.54) is 6.21 Å². The Balaban J connectivity index is 1.61. The van der Waals surface area contributed by atoms with E-state index in [0.29, 0.717) is 17.1 Å². The van der Waals surface area contributed by atoms with Gasteiger partial charge in [-0.2, -0.15) is 10.4 Å². The first-order valence-electron chi connectivity index (χ1n) is 8.12. The summed E-state index contributed by atoms with van der Waals surface area (Å²) in [6.07, 6.45) is 1.70. The molecule has 0 saturated carbocycles. The van der Waals surface area contributed by atoms with Crippen LogP contribution in [0.5, 0.6) is 0 Å². The zero-order valence-corrected chi connectivity index (χ0v) is 14.3. The molecular weight excluding hydrogens is 326 g/mol. The topological polar surface area (TPSA) is 78.4 Å². The molecule has 26 heavy (non-hydrogen) atoms. The van der Waals surface area contributed by atoms with Gasteiger partial charge >= 0.3 is 0 Å². The second-order valence-corrected chi connectivity index (χ2v) is 5.81. The number of amides is 1. The molecule has 2 aromatic carbocycles. The maximum atomic E-state index is 11.9. The maximum Gasteiger partial charge on any atom is 0.244 e. The van der Waals surface area contributed by atoms with Gasteiger partial charge in [0.25, 0.3) is 0 Å². The Labute approximate surface area is 151 Å². The van der Waals surface area contributed by atoms with Gasteiger partial charge in [0.2, 0.25) is 5.91 Å². The summed E-state index contributed by atoms with van der Waals surface area (Å²) in [5.41, 5.74) is 5.82. The third kappa shape index (κ3) is 4.25. The number of rotatable bonds is 5. The number of nitriles is 1. The van der Waals surface area contributed by atoms with E-state index in [9.17, 15) is 4.79 Å². The van der Waals surface area contributed by atoms with Crippen LogP contribution in [0.3, 0.4) is 0 Å². The van der Waals surface area contributed by atoms with Crippen molar-refractivity contribution in [3.63, 3.8) is 0 Å². The average Bonchev–Trinajstić information content (AvgIpc) is 3.12. The van der Waals surface area contributed by atoms with E-state index < -0.39 is 0 Å². The van der Waals surface area contributed by atoms with Crippen molar-refractivity contribution in [3.8, 4) is 17.4 Å². The number of carbonyl (C=O) groups is 1. The summed E-state index contributed by atoms with van der Waals surface area (Å²) in [4.78, 5) is 11.9. The van der Waals surface area contributed by atoms with Crippen molar-refractivity contribution in [2.24, 2.45) is 5.10 Å². The van der Waals surface area contributed by atoms with Crippen molar-refractivity contribution in [3.05, 3.63) is 83.1 Å². The van der Waals surface area contributed by atoms with Crippen molar-refractivity contribution >= 4 is 12.1 Å². The number of hydrazone groups is 1. The van der Waals surface area contributed by atoms with Gasteiger partial charge in [0.15, 0.2) is 0 Å².